The Labute approximate surface area is 170 Å². The first-order valence-electron chi connectivity index (χ1n) is 9.96. The summed E-state index contributed by atoms with van der Waals surface area (Å²) in [5.74, 6) is 1.27. The summed E-state index contributed by atoms with van der Waals surface area (Å²) in [4.78, 5) is 9.13. The van der Waals surface area contributed by atoms with Crippen molar-refractivity contribution < 1.29 is 13.9 Å². The molecule has 0 radical (unpaired) electrons. The Balaban J connectivity index is 1.33. The van der Waals surface area contributed by atoms with Crippen molar-refractivity contribution in [1.29, 1.82) is 0 Å². The number of rotatable bonds is 4. The number of halogens is 1. The van der Waals surface area contributed by atoms with Gasteiger partial charge in [0.05, 0.1) is 6.61 Å². The van der Waals surface area contributed by atoms with Crippen molar-refractivity contribution in [3.8, 4) is 5.75 Å². The Hall–Kier alpha value is -2.64. The van der Waals surface area contributed by atoms with Gasteiger partial charge >= 0.3 is 0 Å². The average molecular weight is 398 g/mol. The number of benzene rings is 2. The fraction of sp³-hybridized carbons (Fsp3) is 0.409. The first-order valence-corrected chi connectivity index (χ1v) is 9.96. The minimum absolute atomic E-state index is 0.198. The summed E-state index contributed by atoms with van der Waals surface area (Å²) >= 11 is 0. The standard InChI is InChI=1S/C22H27FN4O2/c1-24-22(25-13-18-11-20(23)12-19-15-28-16-29-21(18)19)27-9-7-26(8-10-27)14-17-5-3-2-4-6-17/h2-6,11-12H,7-10,13-16H2,1H3,(H,24,25). The molecular formula is C22H27FN4O2. The monoisotopic (exact) mass is 398 g/mol. The minimum atomic E-state index is -0.279. The van der Waals surface area contributed by atoms with Gasteiger partial charge in [0.1, 0.15) is 11.6 Å². The lowest BCUT2D eigenvalue weighted by Gasteiger charge is -2.36. The van der Waals surface area contributed by atoms with Crippen molar-refractivity contribution in [2.75, 3.05) is 40.0 Å². The molecule has 2 aromatic rings. The van der Waals surface area contributed by atoms with Crippen LogP contribution in [0.4, 0.5) is 4.39 Å². The van der Waals surface area contributed by atoms with Crippen molar-refractivity contribution in [2.24, 2.45) is 4.99 Å². The molecule has 0 aliphatic carbocycles. The first kappa shape index (κ1) is 19.7. The second kappa shape index (κ2) is 9.24. The maximum absolute atomic E-state index is 14.0. The third-order valence-corrected chi connectivity index (χ3v) is 5.32. The van der Waals surface area contributed by atoms with Gasteiger partial charge in [-0.3, -0.25) is 9.89 Å². The third-order valence-electron chi connectivity index (χ3n) is 5.32. The third kappa shape index (κ3) is 4.86. The molecule has 0 bridgehead atoms. The smallest absolute Gasteiger partial charge is 0.194 e. The van der Waals surface area contributed by atoms with Crippen molar-refractivity contribution in [3.05, 3.63) is 65.0 Å². The van der Waals surface area contributed by atoms with Gasteiger partial charge in [0.25, 0.3) is 0 Å². The van der Waals surface area contributed by atoms with Crippen LogP contribution < -0.4 is 10.1 Å². The predicted octanol–water partition coefficient (Wildman–Crippen LogP) is 2.59. The molecular weight excluding hydrogens is 371 g/mol. The van der Waals surface area contributed by atoms with E-state index < -0.39 is 0 Å². The van der Waals surface area contributed by atoms with Gasteiger partial charge in [0, 0.05) is 57.4 Å². The van der Waals surface area contributed by atoms with Gasteiger partial charge in [-0.25, -0.2) is 4.39 Å². The number of ether oxygens (including phenoxy) is 2. The second-order valence-electron chi connectivity index (χ2n) is 7.31. The van der Waals surface area contributed by atoms with E-state index in [1.807, 2.05) is 6.07 Å². The second-order valence-corrected chi connectivity index (χ2v) is 7.31. The zero-order chi connectivity index (χ0) is 20.1. The number of nitrogens with zero attached hydrogens (tertiary/aromatic N) is 3. The van der Waals surface area contributed by atoms with E-state index in [0.717, 1.165) is 49.8 Å². The van der Waals surface area contributed by atoms with E-state index in [2.05, 4.69) is 44.4 Å². The molecule has 154 valence electrons. The van der Waals surface area contributed by atoms with E-state index in [0.29, 0.717) is 18.9 Å². The number of aliphatic imine (C=N–C) groups is 1. The summed E-state index contributed by atoms with van der Waals surface area (Å²) in [6, 6.07) is 13.5. The lowest BCUT2D eigenvalue weighted by atomic mass is 10.1. The van der Waals surface area contributed by atoms with E-state index in [1.165, 1.54) is 17.7 Å². The number of hydrogen-bond donors (Lipinski definition) is 1. The average Bonchev–Trinajstić information content (AvgIpc) is 2.76. The Morgan fingerprint density at radius 3 is 2.69 bits per heavy atom. The molecule has 6 nitrogen and oxygen atoms in total. The van der Waals surface area contributed by atoms with Gasteiger partial charge < -0.3 is 19.7 Å². The quantitative estimate of drug-likeness (QED) is 0.634. The Morgan fingerprint density at radius 1 is 1.14 bits per heavy atom. The summed E-state index contributed by atoms with van der Waals surface area (Å²) in [5.41, 5.74) is 2.87. The summed E-state index contributed by atoms with van der Waals surface area (Å²) in [7, 11) is 1.78. The number of piperazine rings is 1. The van der Waals surface area contributed by atoms with Crippen molar-refractivity contribution in [2.45, 2.75) is 19.7 Å². The van der Waals surface area contributed by atoms with E-state index in [1.54, 1.807) is 7.05 Å². The van der Waals surface area contributed by atoms with Crippen LogP contribution in [0.15, 0.2) is 47.5 Å². The van der Waals surface area contributed by atoms with E-state index in [4.69, 9.17) is 9.47 Å². The van der Waals surface area contributed by atoms with Crippen molar-refractivity contribution in [1.82, 2.24) is 15.1 Å². The molecule has 1 N–H and O–H groups in total. The lowest BCUT2D eigenvalue weighted by Crippen LogP contribution is -2.52. The van der Waals surface area contributed by atoms with E-state index >= 15 is 0 Å². The van der Waals surface area contributed by atoms with Gasteiger partial charge in [-0.05, 0) is 17.7 Å². The molecule has 2 heterocycles. The van der Waals surface area contributed by atoms with Crippen molar-refractivity contribution in [3.63, 3.8) is 0 Å². The molecule has 0 amide bonds. The van der Waals surface area contributed by atoms with Crippen LogP contribution in [-0.4, -0.2) is 55.8 Å². The zero-order valence-electron chi connectivity index (χ0n) is 16.7. The number of nitrogens with one attached hydrogen (secondary N) is 1. The topological polar surface area (TPSA) is 49.3 Å². The van der Waals surface area contributed by atoms with Crippen LogP contribution in [-0.2, 0) is 24.4 Å². The van der Waals surface area contributed by atoms with Gasteiger partial charge in [0.15, 0.2) is 12.8 Å². The molecule has 2 aliphatic heterocycles. The Kier molecular flexibility index (Phi) is 6.27. The SMILES string of the molecule is CN=C(NCc1cc(F)cc2c1OCOC2)N1CCN(Cc2ccccc2)CC1. The molecule has 0 saturated carbocycles. The van der Waals surface area contributed by atoms with Gasteiger partial charge in [-0.2, -0.15) is 0 Å². The molecule has 1 saturated heterocycles. The number of hydrogen-bond acceptors (Lipinski definition) is 4. The van der Waals surface area contributed by atoms with E-state index in [9.17, 15) is 4.39 Å². The van der Waals surface area contributed by atoms with Gasteiger partial charge in [0.2, 0.25) is 0 Å². The molecule has 29 heavy (non-hydrogen) atoms. The largest absolute Gasteiger partial charge is 0.467 e. The lowest BCUT2D eigenvalue weighted by molar-refractivity contribution is -0.0173. The predicted molar refractivity (Wildman–Crippen MR) is 110 cm³/mol. The normalized spacial score (nSPS) is 17.6. The molecule has 1 fully saturated rings. The molecule has 2 aliphatic rings. The Bertz CT molecular complexity index is 851. The highest BCUT2D eigenvalue weighted by atomic mass is 19.1. The van der Waals surface area contributed by atoms with Crippen LogP contribution in [0.2, 0.25) is 0 Å². The van der Waals surface area contributed by atoms with Gasteiger partial charge in [-0.15, -0.1) is 0 Å². The summed E-state index contributed by atoms with van der Waals surface area (Å²) in [5, 5.41) is 3.37. The highest BCUT2D eigenvalue weighted by Crippen LogP contribution is 2.29. The van der Waals surface area contributed by atoms with Crippen molar-refractivity contribution >= 4 is 5.96 Å². The zero-order valence-corrected chi connectivity index (χ0v) is 16.7. The molecule has 0 spiro atoms. The summed E-state index contributed by atoms with van der Waals surface area (Å²) in [6.07, 6.45) is 0. The maximum atomic E-state index is 14.0. The molecule has 0 atom stereocenters. The number of fused-ring (bicyclic) bond motifs is 1. The van der Waals surface area contributed by atoms with E-state index in [-0.39, 0.29) is 12.6 Å². The number of guanidine groups is 1. The molecule has 2 aromatic carbocycles. The van der Waals surface area contributed by atoms with Crippen LogP contribution in [0.3, 0.4) is 0 Å². The summed E-state index contributed by atoms with van der Waals surface area (Å²) in [6.45, 7) is 5.75. The van der Waals surface area contributed by atoms with Crippen LogP contribution in [0.25, 0.3) is 0 Å². The molecule has 7 heteroatoms. The minimum Gasteiger partial charge on any atom is -0.467 e. The summed E-state index contributed by atoms with van der Waals surface area (Å²) < 4.78 is 24.8. The maximum Gasteiger partial charge on any atom is 0.194 e. The van der Waals surface area contributed by atoms with Crippen LogP contribution in [0, 0.1) is 5.82 Å². The Morgan fingerprint density at radius 2 is 1.93 bits per heavy atom. The fourth-order valence-electron chi connectivity index (χ4n) is 3.85. The van der Waals surface area contributed by atoms with Crippen LogP contribution in [0.5, 0.6) is 5.75 Å². The van der Waals surface area contributed by atoms with Crippen LogP contribution >= 0.6 is 0 Å². The first-order chi connectivity index (χ1) is 14.2. The molecule has 0 aromatic heterocycles. The molecule has 4 rings (SSSR count). The highest BCUT2D eigenvalue weighted by Gasteiger charge is 2.21. The highest BCUT2D eigenvalue weighted by molar-refractivity contribution is 5.80. The fourth-order valence-corrected chi connectivity index (χ4v) is 3.85. The van der Waals surface area contributed by atoms with Gasteiger partial charge in [-0.1, -0.05) is 30.3 Å². The molecule has 0 unspecified atom stereocenters. The van der Waals surface area contributed by atoms with Crippen LogP contribution in [0.1, 0.15) is 16.7 Å².